The predicted molar refractivity (Wildman–Crippen MR) is 90.3 cm³/mol. The molecule has 0 unspecified atom stereocenters. The Hall–Kier alpha value is -1.43. The van der Waals surface area contributed by atoms with Gasteiger partial charge in [0, 0.05) is 23.9 Å². The van der Waals surface area contributed by atoms with Gasteiger partial charge in [0.05, 0.1) is 6.61 Å². The van der Waals surface area contributed by atoms with Crippen LogP contribution in [0.15, 0.2) is 41.8 Å². The number of benzene rings is 1. The Morgan fingerprint density at radius 2 is 2.17 bits per heavy atom. The highest BCUT2D eigenvalue weighted by molar-refractivity contribution is 7.10. The zero-order valence-electron chi connectivity index (χ0n) is 13.0. The van der Waals surface area contributed by atoms with E-state index in [1.165, 1.54) is 6.07 Å². The van der Waals surface area contributed by atoms with Crippen molar-refractivity contribution >= 4 is 11.3 Å². The molecule has 0 aliphatic carbocycles. The van der Waals surface area contributed by atoms with E-state index in [1.54, 1.807) is 29.5 Å². The van der Waals surface area contributed by atoms with Gasteiger partial charge in [-0.15, -0.1) is 11.3 Å². The third-order valence-corrected chi connectivity index (χ3v) is 5.19. The van der Waals surface area contributed by atoms with E-state index in [0.29, 0.717) is 24.8 Å². The molecular formula is C18H22FNO2S. The summed E-state index contributed by atoms with van der Waals surface area (Å²) in [4.78, 5) is 3.29. The van der Waals surface area contributed by atoms with Crippen LogP contribution in [0.2, 0.25) is 0 Å². The Balaban J connectivity index is 1.49. The van der Waals surface area contributed by atoms with Crippen molar-refractivity contribution in [1.29, 1.82) is 0 Å². The van der Waals surface area contributed by atoms with Crippen molar-refractivity contribution in [1.82, 2.24) is 4.90 Å². The molecule has 1 saturated heterocycles. The van der Waals surface area contributed by atoms with Gasteiger partial charge in [-0.25, -0.2) is 4.39 Å². The zero-order valence-corrected chi connectivity index (χ0v) is 13.8. The number of likely N-dealkylation sites (tertiary alicyclic amines) is 1. The quantitative estimate of drug-likeness (QED) is 0.873. The maximum Gasteiger partial charge on any atom is 0.165 e. The first kappa shape index (κ1) is 16.4. The number of aliphatic hydroxyl groups is 1. The number of thiophene rings is 1. The lowest BCUT2D eigenvalue weighted by Gasteiger charge is -2.33. The van der Waals surface area contributed by atoms with Crippen LogP contribution in [0.1, 0.15) is 23.8 Å². The van der Waals surface area contributed by atoms with E-state index in [1.807, 2.05) is 17.5 Å². The number of rotatable bonds is 6. The maximum atomic E-state index is 13.6. The summed E-state index contributed by atoms with van der Waals surface area (Å²) in [7, 11) is 0. The highest BCUT2D eigenvalue weighted by Gasteiger charge is 2.23. The molecule has 3 rings (SSSR count). The summed E-state index contributed by atoms with van der Waals surface area (Å²) >= 11 is 1.59. The number of nitrogens with zero attached hydrogens (tertiary/aromatic N) is 1. The molecule has 0 saturated carbocycles. The van der Waals surface area contributed by atoms with Crippen LogP contribution in [-0.2, 0) is 0 Å². The molecule has 0 bridgehead atoms. The summed E-state index contributed by atoms with van der Waals surface area (Å²) in [6, 6.07) is 10.5. The molecule has 1 aliphatic rings. The van der Waals surface area contributed by atoms with Crippen molar-refractivity contribution in [2.45, 2.75) is 18.9 Å². The molecule has 3 nitrogen and oxygen atoms in total. The summed E-state index contributed by atoms with van der Waals surface area (Å²) in [5.74, 6) is 0.385. The molecule has 2 aromatic rings. The van der Waals surface area contributed by atoms with E-state index < -0.39 is 6.10 Å². The first-order valence-electron chi connectivity index (χ1n) is 8.03. The highest BCUT2D eigenvalue weighted by atomic mass is 32.1. The van der Waals surface area contributed by atoms with Crippen LogP contribution >= 0.6 is 11.3 Å². The predicted octanol–water partition coefficient (Wildman–Crippen LogP) is 3.71. The summed E-state index contributed by atoms with van der Waals surface area (Å²) < 4.78 is 19.2. The lowest BCUT2D eigenvalue weighted by atomic mass is 9.98. The maximum absolute atomic E-state index is 13.6. The van der Waals surface area contributed by atoms with E-state index in [4.69, 9.17) is 4.74 Å². The monoisotopic (exact) mass is 335 g/mol. The van der Waals surface area contributed by atoms with Gasteiger partial charge in [-0.3, -0.25) is 4.90 Å². The second-order valence-electron chi connectivity index (χ2n) is 6.04. The summed E-state index contributed by atoms with van der Waals surface area (Å²) in [6.45, 7) is 3.05. The van der Waals surface area contributed by atoms with Crippen LogP contribution in [0.25, 0.3) is 0 Å². The van der Waals surface area contributed by atoms with Gasteiger partial charge in [0.25, 0.3) is 0 Å². The van der Waals surface area contributed by atoms with Crippen LogP contribution in [0.5, 0.6) is 5.75 Å². The topological polar surface area (TPSA) is 32.7 Å². The second-order valence-corrected chi connectivity index (χ2v) is 7.02. The summed E-state index contributed by atoms with van der Waals surface area (Å²) in [5.41, 5.74) is 0. The lowest BCUT2D eigenvalue weighted by Crippen LogP contribution is -2.39. The third-order valence-electron chi connectivity index (χ3n) is 4.22. The van der Waals surface area contributed by atoms with Crippen LogP contribution in [0, 0.1) is 11.7 Å². The fourth-order valence-electron chi connectivity index (χ4n) is 3.04. The molecule has 2 atom stereocenters. The first-order chi connectivity index (χ1) is 11.2. The number of aliphatic hydroxyl groups excluding tert-OH is 1. The van der Waals surface area contributed by atoms with E-state index in [9.17, 15) is 9.50 Å². The van der Waals surface area contributed by atoms with Crippen LogP contribution in [0.3, 0.4) is 0 Å². The minimum Gasteiger partial charge on any atom is -0.490 e. The molecule has 1 fully saturated rings. The van der Waals surface area contributed by atoms with E-state index >= 15 is 0 Å². The Bertz CT molecular complexity index is 605. The lowest BCUT2D eigenvalue weighted by molar-refractivity contribution is 0.0724. The molecule has 124 valence electrons. The third kappa shape index (κ3) is 4.53. The number of piperidine rings is 1. The number of ether oxygens (including phenoxy) is 1. The minimum absolute atomic E-state index is 0.312. The Morgan fingerprint density at radius 1 is 1.30 bits per heavy atom. The molecule has 2 heterocycles. The van der Waals surface area contributed by atoms with Crippen molar-refractivity contribution in [3.8, 4) is 5.75 Å². The first-order valence-corrected chi connectivity index (χ1v) is 8.91. The van der Waals surface area contributed by atoms with Crippen molar-refractivity contribution in [3.63, 3.8) is 0 Å². The average molecular weight is 335 g/mol. The fraction of sp³-hybridized carbons (Fsp3) is 0.444. The molecule has 1 aromatic carbocycles. The number of hydrogen-bond donors (Lipinski definition) is 1. The van der Waals surface area contributed by atoms with Crippen LogP contribution in [-0.4, -0.2) is 36.2 Å². The second kappa shape index (κ2) is 7.90. The number of β-amino-alcohol motifs (C(OH)–C–C–N with tert-alkyl or cyclic N) is 1. The Kier molecular flexibility index (Phi) is 5.65. The van der Waals surface area contributed by atoms with Gasteiger partial charge in [-0.05, 0) is 43.0 Å². The Labute approximate surface area is 140 Å². The van der Waals surface area contributed by atoms with Gasteiger partial charge in [0.15, 0.2) is 11.6 Å². The smallest absolute Gasteiger partial charge is 0.165 e. The summed E-state index contributed by atoms with van der Waals surface area (Å²) in [5, 5.41) is 12.3. The van der Waals surface area contributed by atoms with Gasteiger partial charge < -0.3 is 9.84 Å². The number of hydrogen-bond acceptors (Lipinski definition) is 4. The molecule has 0 amide bonds. The van der Waals surface area contributed by atoms with Crippen LogP contribution < -0.4 is 4.74 Å². The molecule has 5 heteroatoms. The Morgan fingerprint density at radius 3 is 2.96 bits per heavy atom. The van der Waals surface area contributed by atoms with Crippen molar-refractivity contribution in [2.24, 2.45) is 5.92 Å². The van der Waals surface area contributed by atoms with Gasteiger partial charge in [0.1, 0.15) is 6.10 Å². The molecule has 1 aromatic heterocycles. The largest absolute Gasteiger partial charge is 0.490 e. The number of halogens is 1. The van der Waals surface area contributed by atoms with Gasteiger partial charge in [-0.2, -0.15) is 0 Å². The molecule has 1 N–H and O–H groups in total. The highest BCUT2D eigenvalue weighted by Crippen LogP contribution is 2.24. The van der Waals surface area contributed by atoms with Gasteiger partial charge in [0.2, 0.25) is 0 Å². The van der Waals surface area contributed by atoms with Crippen molar-refractivity contribution in [3.05, 3.63) is 52.5 Å². The summed E-state index contributed by atoms with van der Waals surface area (Å²) in [6.07, 6.45) is 1.74. The van der Waals surface area contributed by atoms with Gasteiger partial charge in [-0.1, -0.05) is 18.2 Å². The van der Waals surface area contributed by atoms with E-state index in [-0.39, 0.29) is 5.82 Å². The van der Waals surface area contributed by atoms with E-state index in [0.717, 1.165) is 30.8 Å². The zero-order chi connectivity index (χ0) is 16.1. The van der Waals surface area contributed by atoms with Gasteiger partial charge >= 0.3 is 0 Å². The fourth-order valence-corrected chi connectivity index (χ4v) is 3.74. The van der Waals surface area contributed by atoms with Crippen molar-refractivity contribution in [2.75, 3.05) is 26.2 Å². The average Bonchev–Trinajstić information content (AvgIpc) is 3.09. The SMILES string of the molecule is O[C@H](CN1CCC[C@@H](COc2ccccc2F)C1)c1cccs1. The molecule has 0 spiro atoms. The van der Waals surface area contributed by atoms with Crippen molar-refractivity contribution < 1.29 is 14.2 Å². The van der Waals surface area contributed by atoms with E-state index in [2.05, 4.69) is 4.90 Å². The minimum atomic E-state index is -0.429. The molecule has 1 aliphatic heterocycles. The molecular weight excluding hydrogens is 313 g/mol. The molecule has 23 heavy (non-hydrogen) atoms. The molecule has 0 radical (unpaired) electrons. The standard InChI is InChI=1S/C18H22FNO2S/c19-15-6-1-2-7-17(15)22-13-14-5-3-9-20(11-14)12-16(21)18-8-4-10-23-18/h1-2,4,6-8,10,14,16,21H,3,5,9,11-13H2/t14-,16-/m1/s1. The normalized spacial score (nSPS) is 20.3. The van der Waals surface area contributed by atoms with Crippen LogP contribution in [0.4, 0.5) is 4.39 Å². The number of para-hydroxylation sites is 1.